The number of carboxylic acid groups (broad SMARTS) is 1. The number of carbonyl (C=O) groups is 2. The minimum absolute atomic E-state index is 0.00602. The van der Waals surface area contributed by atoms with Crippen LogP contribution in [0.1, 0.15) is 30.1 Å². The van der Waals surface area contributed by atoms with E-state index in [-0.39, 0.29) is 29.5 Å². The second kappa shape index (κ2) is 7.09. The standard InChI is InChI=1S/C13H15ClFNO3/c1-2-8(5-12(17)18)7-16-13(19)10-4-3-9(15)6-11(10)14/h3-4,6,8H,2,5,7H2,1H3,(H,16,19)(H,17,18). The fourth-order valence-electron chi connectivity index (χ4n) is 1.61. The average Bonchev–Trinajstić information content (AvgIpc) is 2.33. The number of halogens is 2. The molecule has 0 aliphatic rings. The summed E-state index contributed by atoms with van der Waals surface area (Å²) in [5.74, 6) is -1.99. The summed E-state index contributed by atoms with van der Waals surface area (Å²) in [6, 6.07) is 3.51. The predicted molar refractivity (Wildman–Crippen MR) is 69.8 cm³/mol. The van der Waals surface area contributed by atoms with E-state index in [2.05, 4.69) is 5.32 Å². The van der Waals surface area contributed by atoms with Gasteiger partial charge in [-0.05, 0) is 24.1 Å². The van der Waals surface area contributed by atoms with Crippen molar-refractivity contribution in [3.8, 4) is 0 Å². The van der Waals surface area contributed by atoms with Crippen molar-refractivity contribution in [3.05, 3.63) is 34.6 Å². The highest BCUT2D eigenvalue weighted by Gasteiger charge is 2.15. The molecule has 0 aliphatic heterocycles. The van der Waals surface area contributed by atoms with Crippen LogP contribution < -0.4 is 5.32 Å². The molecule has 1 unspecified atom stereocenters. The number of aliphatic carboxylic acids is 1. The van der Waals surface area contributed by atoms with Crippen molar-refractivity contribution in [1.29, 1.82) is 0 Å². The van der Waals surface area contributed by atoms with Gasteiger partial charge in [0.05, 0.1) is 10.6 Å². The fourth-order valence-corrected chi connectivity index (χ4v) is 1.87. The van der Waals surface area contributed by atoms with Crippen molar-refractivity contribution in [2.75, 3.05) is 6.54 Å². The molecule has 1 aromatic rings. The van der Waals surface area contributed by atoms with Crippen molar-refractivity contribution in [3.63, 3.8) is 0 Å². The van der Waals surface area contributed by atoms with Crippen molar-refractivity contribution in [2.45, 2.75) is 19.8 Å². The average molecular weight is 288 g/mol. The van der Waals surface area contributed by atoms with Gasteiger partial charge in [-0.25, -0.2) is 4.39 Å². The Labute approximate surface area is 115 Å². The molecule has 0 saturated carbocycles. The number of hydrogen-bond donors (Lipinski definition) is 2. The first-order chi connectivity index (χ1) is 8.93. The van der Waals surface area contributed by atoms with Gasteiger partial charge in [0.25, 0.3) is 5.91 Å². The molecule has 1 rings (SSSR count). The van der Waals surface area contributed by atoms with Crippen molar-refractivity contribution >= 4 is 23.5 Å². The molecule has 0 heterocycles. The largest absolute Gasteiger partial charge is 0.481 e. The van der Waals surface area contributed by atoms with Crippen LogP contribution in [0.3, 0.4) is 0 Å². The van der Waals surface area contributed by atoms with Gasteiger partial charge >= 0.3 is 5.97 Å². The van der Waals surface area contributed by atoms with E-state index in [9.17, 15) is 14.0 Å². The normalized spacial score (nSPS) is 11.9. The summed E-state index contributed by atoms with van der Waals surface area (Å²) in [5.41, 5.74) is 0.174. The van der Waals surface area contributed by atoms with Crippen LogP contribution in [0.25, 0.3) is 0 Å². The summed E-state index contributed by atoms with van der Waals surface area (Å²) in [4.78, 5) is 22.4. The molecule has 0 fully saturated rings. The third kappa shape index (κ3) is 4.87. The molecule has 104 valence electrons. The molecular formula is C13H15ClFNO3. The molecule has 0 saturated heterocycles. The summed E-state index contributed by atoms with van der Waals surface area (Å²) in [6.45, 7) is 2.10. The molecule has 0 spiro atoms. The second-order valence-electron chi connectivity index (χ2n) is 4.21. The van der Waals surface area contributed by atoms with Crippen LogP contribution in [-0.2, 0) is 4.79 Å². The van der Waals surface area contributed by atoms with Gasteiger partial charge in [-0.3, -0.25) is 9.59 Å². The molecule has 1 amide bonds. The quantitative estimate of drug-likeness (QED) is 0.845. The van der Waals surface area contributed by atoms with Gasteiger partial charge in [-0.15, -0.1) is 0 Å². The van der Waals surface area contributed by atoms with E-state index in [1.807, 2.05) is 6.92 Å². The molecule has 0 aliphatic carbocycles. The molecule has 6 heteroatoms. The van der Waals surface area contributed by atoms with Crippen LogP contribution >= 0.6 is 11.6 Å². The number of hydrogen-bond acceptors (Lipinski definition) is 2. The maximum absolute atomic E-state index is 12.8. The van der Waals surface area contributed by atoms with Gasteiger partial charge in [0.15, 0.2) is 0 Å². The zero-order valence-corrected chi connectivity index (χ0v) is 11.2. The second-order valence-corrected chi connectivity index (χ2v) is 4.61. The number of rotatable bonds is 6. The van der Waals surface area contributed by atoms with Gasteiger partial charge in [0.2, 0.25) is 0 Å². The number of benzene rings is 1. The molecular weight excluding hydrogens is 273 g/mol. The number of carbonyl (C=O) groups excluding carboxylic acids is 1. The van der Waals surface area contributed by atoms with Crippen LogP contribution in [0, 0.1) is 11.7 Å². The Morgan fingerprint density at radius 1 is 1.47 bits per heavy atom. The van der Waals surface area contributed by atoms with Gasteiger partial charge in [0, 0.05) is 13.0 Å². The molecule has 1 aromatic carbocycles. The molecule has 4 nitrogen and oxygen atoms in total. The van der Waals surface area contributed by atoms with Crippen molar-refractivity contribution in [1.82, 2.24) is 5.32 Å². The Hall–Kier alpha value is -1.62. The summed E-state index contributed by atoms with van der Waals surface area (Å²) in [7, 11) is 0. The van der Waals surface area contributed by atoms with Crippen LogP contribution in [-0.4, -0.2) is 23.5 Å². The third-order valence-corrected chi connectivity index (χ3v) is 3.08. The fraction of sp³-hybridized carbons (Fsp3) is 0.385. The van der Waals surface area contributed by atoms with Gasteiger partial charge < -0.3 is 10.4 Å². The first-order valence-electron chi connectivity index (χ1n) is 5.89. The third-order valence-electron chi connectivity index (χ3n) is 2.77. The SMILES string of the molecule is CCC(CNC(=O)c1ccc(F)cc1Cl)CC(=O)O. The minimum atomic E-state index is -0.902. The molecule has 19 heavy (non-hydrogen) atoms. The molecule has 0 aromatic heterocycles. The highest BCUT2D eigenvalue weighted by molar-refractivity contribution is 6.33. The summed E-state index contributed by atoms with van der Waals surface area (Å²) in [5, 5.41) is 11.3. The highest BCUT2D eigenvalue weighted by atomic mass is 35.5. The predicted octanol–water partition coefficient (Wildman–Crippen LogP) is 2.71. The topological polar surface area (TPSA) is 66.4 Å². The van der Waals surface area contributed by atoms with E-state index in [1.54, 1.807) is 0 Å². The van der Waals surface area contributed by atoms with E-state index in [4.69, 9.17) is 16.7 Å². The maximum Gasteiger partial charge on any atom is 0.303 e. The molecule has 1 atom stereocenters. The van der Waals surface area contributed by atoms with Gasteiger partial charge in [-0.2, -0.15) is 0 Å². The first-order valence-corrected chi connectivity index (χ1v) is 6.26. The smallest absolute Gasteiger partial charge is 0.303 e. The maximum atomic E-state index is 12.8. The monoisotopic (exact) mass is 287 g/mol. The van der Waals surface area contributed by atoms with Crippen molar-refractivity contribution < 1.29 is 19.1 Å². The van der Waals surface area contributed by atoms with Crippen LogP contribution in [0.2, 0.25) is 5.02 Å². The lowest BCUT2D eigenvalue weighted by Crippen LogP contribution is -2.30. The lowest BCUT2D eigenvalue weighted by Gasteiger charge is -2.13. The Morgan fingerprint density at radius 3 is 2.68 bits per heavy atom. The van der Waals surface area contributed by atoms with E-state index in [0.717, 1.165) is 12.1 Å². The highest BCUT2D eigenvalue weighted by Crippen LogP contribution is 2.17. The van der Waals surface area contributed by atoms with E-state index in [0.29, 0.717) is 6.42 Å². The summed E-state index contributed by atoms with van der Waals surface area (Å²) >= 11 is 5.76. The van der Waals surface area contributed by atoms with Crippen molar-refractivity contribution in [2.24, 2.45) is 5.92 Å². The lowest BCUT2D eigenvalue weighted by molar-refractivity contribution is -0.138. The number of carboxylic acids is 1. The Bertz CT molecular complexity index is 479. The van der Waals surface area contributed by atoms with Gasteiger partial charge in [0.1, 0.15) is 5.82 Å². The van der Waals surface area contributed by atoms with Crippen LogP contribution in [0.4, 0.5) is 4.39 Å². The number of amides is 1. The Morgan fingerprint density at radius 2 is 2.16 bits per heavy atom. The zero-order chi connectivity index (χ0) is 14.4. The molecule has 0 radical (unpaired) electrons. The molecule has 0 bridgehead atoms. The Kier molecular flexibility index (Phi) is 5.76. The summed E-state index contributed by atoms with van der Waals surface area (Å²) in [6.07, 6.45) is 0.637. The van der Waals surface area contributed by atoms with E-state index in [1.165, 1.54) is 6.07 Å². The first kappa shape index (κ1) is 15.4. The van der Waals surface area contributed by atoms with Gasteiger partial charge in [-0.1, -0.05) is 24.9 Å². The Balaban J connectivity index is 2.61. The van der Waals surface area contributed by atoms with Crippen LogP contribution in [0.5, 0.6) is 0 Å². The molecule has 2 N–H and O–H groups in total. The summed E-state index contributed by atoms with van der Waals surface area (Å²) < 4.78 is 12.8. The van der Waals surface area contributed by atoms with E-state index < -0.39 is 17.7 Å². The lowest BCUT2D eigenvalue weighted by atomic mass is 10.0. The number of nitrogens with one attached hydrogen (secondary N) is 1. The minimum Gasteiger partial charge on any atom is -0.481 e. The van der Waals surface area contributed by atoms with Crippen LogP contribution in [0.15, 0.2) is 18.2 Å². The van der Waals surface area contributed by atoms with E-state index >= 15 is 0 Å². The zero-order valence-electron chi connectivity index (χ0n) is 10.5.